The van der Waals surface area contributed by atoms with Crippen molar-refractivity contribution in [2.24, 2.45) is 4.99 Å². The first-order valence-electron chi connectivity index (χ1n) is 4.28. The highest BCUT2D eigenvalue weighted by atomic mass is 16.7. The Bertz CT molecular complexity index is 257. The summed E-state index contributed by atoms with van der Waals surface area (Å²) >= 11 is 0. The van der Waals surface area contributed by atoms with Crippen molar-refractivity contribution in [1.29, 1.82) is 0 Å². The van der Waals surface area contributed by atoms with Gasteiger partial charge in [-0.2, -0.15) is 0 Å². The first-order chi connectivity index (χ1) is 6.29. The number of rotatable bonds is 4. The second kappa shape index (κ2) is 5.32. The van der Waals surface area contributed by atoms with Crippen LogP contribution in [0.3, 0.4) is 0 Å². The highest BCUT2D eigenvalue weighted by molar-refractivity contribution is 5.59. The maximum atomic E-state index is 5.06. The van der Waals surface area contributed by atoms with Crippen LogP contribution in [0.1, 0.15) is 13.8 Å². The minimum absolute atomic E-state index is 0.155. The maximum Gasteiger partial charge on any atom is 0.113 e. The van der Waals surface area contributed by atoms with Crippen molar-refractivity contribution < 1.29 is 4.84 Å². The van der Waals surface area contributed by atoms with Crippen molar-refractivity contribution in [2.45, 2.75) is 20.0 Å². The lowest BCUT2D eigenvalue weighted by molar-refractivity contribution is 0.0362. The fraction of sp³-hybridized carbons (Fsp3) is 0.300. The Morgan fingerprint density at radius 1 is 1.31 bits per heavy atom. The number of benzene rings is 1. The Balaban J connectivity index is 2.33. The molecule has 13 heavy (non-hydrogen) atoms. The molecule has 1 rings (SSSR count). The molecule has 0 aliphatic rings. The van der Waals surface area contributed by atoms with Gasteiger partial charge in [-0.25, -0.2) is 4.99 Å². The van der Waals surface area contributed by atoms with Crippen LogP contribution in [0.15, 0.2) is 35.3 Å². The number of hydrogen-bond acceptors (Lipinski definition) is 2. The van der Waals surface area contributed by atoms with E-state index < -0.39 is 0 Å². The monoisotopic (exact) mass is 178 g/mol. The average Bonchev–Trinajstić information content (AvgIpc) is 2.14. The van der Waals surface area contributed by atoms with E-state index >= 15 is 0 Å². The zero-order valence-electron chi connectivity index (χ0n) is 7.90. The van der Waals surface area contributed by atoms with Gasteiger partial charge in [-0.3, -0.25) is 10.3 Å². The fourth-order valence-corrected chi connectivity index (χ4v) is 0.781. The summed E-state index contributed by atoms with van der Waals surface area (Å²) in [6.07, 6.45) is 1.69. The van der Waals surface area contributed by atoms with Gasteiger partial charge < -0.3 is 0 Å². The van der Waals surface area contributed by atoms with Crippen LogP contribution < -0.4 is 5.48 Å². The normalized spacial score (nSPS) is 11.0. The van der Waals surface area contributed by atoms with Gasteiger partial charge in [0.25, 0.3) is 0 Å². The van der Waals surface area contributed by atoms with Crippen molar-refractivity contribution >= 4 is 12.0 Å². The highest BCUT2D eigenvalue weighted by Crippen LogP contribution is 2.07. The van der Waals surface area contributed by atoms with Crippen molar-refractivity contribution in [3.05, 3.63) is 30.3 Å². The standard InChI is InChI=1S/C10H14N2O/c1-9(2)13-12-8-11-10-6-4-3-5-7-10/h3-9H,1-2H3,(H,11,12). The molecule has 0 radical (unpaired) electrons. The summed E-state index contributed by atoms with van der Waals surface area (Å²) in [5, 5.41) is 0. The summed E-state index contributed by atoms with van der Waals surface area (Å²) in [7, 11) is 0. The predicted molar refractivity (Wildman–Crippen MR) is 54.0 cm³/mol. The van der Waals surface area contributed by atoms with E-state index in [-0.39, 0.29) is 6.10 Å². The molecule has 0 amide bonds. The summed E-state index contributed by atoms with van der Waals surface area (Å²) < 4.78 is 0. The van der Waals surface area contributed by atoms with E-state index in [2.05, 4.69) is 10.5 Å². The molecule has 0 spiro atoms. The molecule has 3 nitrogen and oxygen atoms in total. The molecule has 0 atom stereocenters. The zero-order valence-corrected chi connectivity index (χ0v) is 7.90. The van der Waals surface area contributed by atoms with Crippen molar-refractivity contribution in [1.82, 2.24) is 5.48 Å². The second-order valence-corrected chi connectivity index (χ2v) is 2.88. The molecule has 0 aromatic heterocycles. The van der Waals surface area contributed by atoms with Crippen LogP contribution in [-0.2, 0) is 4.84 Å². The lowest BCUT2D eigenvalue weighted by Gasteiger charge is -2.03. The number of aliphatic imine (C=N–C) groups is 1. The van der Waals surface area contributed by atoms with E-state index in [1.54, 1.807) is 0 Å². The molecule has 0 bridgehead atoms. The van der Waals surface area contributed by atoms with E-state index in [1.165, 1.54) is 6.34 Å². The molecule has 0 heterocycles. The third kappa shape index (κ3) is 4.28. The third-order valence-electron chi connectivity index (χ3n) is 1.33. The predicted octanol–water partition coefficient (Wildman–Crippen LogP) is 2.28. The molecule has 0 unspecified atom stereocenters. The minimum atomic E-state index is 0.155. The molecular weight excluding hydrogens is 164 g/mol. The lowest BCUT2D eigenvalue weighted by atomic mass is 10.3. The molecule has 0 fully saturated rings. The third-order valence-corrected chi connectivity index (χ3v) is 1.33. The molecule has 3 heteroatoms. The molecular formula is C10H14N2O. The first-order valence-corrected chi connectivity index (χ1v) is 4.28. The van der Waals surface area contributed by atoms with Crippen molar-refractivity contribution in [3.8, 4) is 0 Å². The Kier molecular flexibility index (Phi) is 3.99. The second-order valence-electron chi connectivity index (χ2n) is 2.88. The van der Waals surface area contributed by atoms with Gasteiger partial charge in [0.05, 0.1) is 11.8 Å². The molecule has 0 saturated heterocycles. The molecule has 70 valence electrons. The summed E-state index contributed by atoms with van der Waals surface area (Å²) in [4.78, 5) is 9.18. The van der Waals surface area contributed by atoms with Crippen LogP contribution in [0.2, 0.25) is 0 Å². The first kappa shape index (κ1) is 9.74. The van der Waals surface area contributed by atoms with E-state index in [0.29, 0.717) is 0 Å². The summed E-state index contributed by atoms with van der Waals surface area (Å²) in [6.45, 7) is 3.90. The average molecular weight is 178 g/mol. The number of nitrogens with zero attached hydrogens (tertiary/aromatic N) is 1. The van der Waals surface area contributed by atoms with E-state index in [1.807, 2.05) is 44.2 Å². The Morgan fingerprint density at radius 3 is 2.62 bits per heavy atom. The van der Waals surface area contributed by atoms with Crippen LogP contribution in [0, 0.1) is 0 Å². The van der Waals surface area contributed by atoms with Gasteiger partial charge >= 0.3 is 0 Å². The van der Waals surface area contributed by atoms with Gasteiger partial charge in [-0.15, -0.1) is 0 Å². The van der Waals surface area contributed by atoms with Gasteiger partial charge in [0.2, 0.25) is 0 Å². The lowest BCUT2D eigenvalue weighted by Crippen LogP contribution is -2.17. The molecule has 0 aliphatic carbocycles. The smallest absolute Gasteiger partial charge is 0.113 e. The number of hydroxylamine groups is 1. The van der Waals surface area contributed by atoms with E-state index in [0.717, 1.165) is 5.69 Å². The molecule has 1 aromatic carbocycles. The number of hydrogen-bond donors (Lipinski definition) is 1. The van der Waals surface area contributed by atoms with Crippen LogP contribution in [0.4, 0.5) is 5.69 Å². The minimum Gasteiger partial charge on any atom is -0.273 e. The SMILES string of the molecule is CC(C)ONC=Nc1ccccc1. The van der Waals surface area contributed by atoms with Gasteiger partial charge in [-0.1, -0.05) is 18.2 Å². The topological polar surface area (TPSA) is 33.6 Å². The summed E-state index contributed by atoms with van der Waals surface area (Å²) in [5.74, 6) is 0. The Labute approximate surface area is 78.4 Å². The van der Waals surface area contributed by atoms with Crippen molar-refractivity contribution in [3.63, 3.8) is 0 Å². The molecule has 1 N–H and O–H groups in total. The van der Waals surface area contributed by atoms with Crippen LogP contribution in [0.25, 0.3) is 0 Å². The van der Waals surface area contributed by atoms with E-state index in [4.69, 9.17) is 4.84 Å². The van der Waals surface area contributed by atoms with Gasteiger partial charge in [0.15, 0.2) is 0 Å². The fourth-order valence-electron chi connectivity index (χ4n) is 0.781. The maximum absolute atomic E-state index is 5.06. The van der Waals surface area contributed by atoms with Crippen LogP contribution >= 0.6 is 0 Å². The Hall–Kier alpha value is -1.35. The summed E-state index contributed by atoms with van der Waals surface area (Å²) in [6, 6.07) is 9.68. The van der Waals surface area contributed by atoms with E-state index in [9.17, 15) is 0 Å². The van der Waals surface area contributed by atoms with Gasteiger partial charge in [0, 0.05) is 0 Å². The number of para-hydroxylation sites is 1. The number of nitrogens with one attached hydrogen (secondary N) is 1. The van der Waals surface area contributed by atoms with Crippen molar-refractivity contribution in [2.75, 3.05) is 0 Å². The summed E-state index contributed by atoms with van der Waals surface area (Å²) in [5.41, 5.74) is 3.55. The molecule has 1 aromatic rings. The largest absolute Gasteiger partial charge is 0.273 e. The van der Waals surface area contributed by atoms with Gasteiger partial charge in [0.1, 0.15) is 6.34 Å². The molecule has 0 aliphatic heterocycles. The zero-order chi connectivity index (χ0) is 9.52. The molecule has 0 saturated carbocycles. The quantitative estimate of drug-likeness (QED) is 0.436. The van der Waals surface area contributed by atoms with Gasteiger partial charge in [-0.05, 0) is 26.0 Å². The van der Waals surface area contributed by atoms with Crippen LogP contribution in [0.5, 0.6) is 0 Å². The highest BCUT2D eigenvalue weighted by Gasteiger charge is 1.87. The Morgan fingerprint density at radius 2 is 2.00 bits per heavy atom. The van der Waals surface area contributed by atoms with Crippen LogP contribution in [-0.4, -0.2) is 12.4 Å².